The fraction of sp³-hybridized carbons (Fsp3) is 0.125. The van der Waals surface area contributed by atoms with Gasteiger partial charge in [-0.05, 0) is 47.2 Å². The first-order valence-corrected chi connectivity index (χ1v) is 6.04. The Hall–Kier alpha value is -2.22. The lowest BCUT2D eigenvalue weighted by atomic mass is 10.00. The maximum absolute atomic E-state index is 4.14. The van der Waals surface area contributed by atoms with Crippen LogP contribution in [0.1, 0.15) is 5.56 Å². The number of fused-ring (bicyclic) bond motifs is 1. The van der Waals surface area contributed by atoms with Gasteiger partial charge in [-0.3, -0.25) is 4.98 Å². The second-order valence-corrected chi connectivity index (χ2v) is 4.64. The van der Waals surface area contributed by atoms with Crippen molar-refractivity contribution in [3.63, 3.8) is 0 Å². The highest BCUT2D eigenvalue weighted by Gasteiger charge is 2.04. The van der Waals surface area contributed by atoms with E-state index in [1.165, 1.54) is 27.5 Å². The van der Waals surface area contributed by atoms with Gasteiger partial charge in [-0.25, -0.2) is 4.57 Å². The van der Waals surface area contributed by atoms with Crippen LogP contribution in [0.25, 0.3) is 21.9 Å². The Balaban J connectivity index is 2.20. The standard InChI is InChI=1S/C16H15N2/c1-12-10-17-7-5-16(12)14-3-4-15-11-18(2)8-6-13(15)9-14/h3-11H,1-2H3/q+1. The van der Waals surface area contributed by atoms with Gasteiger partial charge < -0.3 is 0 Å². The van der Waals surface area contributed by atoms with Gasteiger partial charge in [0.15, 0.2) is 12.4 Å². The summed E-state index contributed by atoms with van der Waals surface area (Å²) in [6, 6.07) is 10.8. The van der Waals surface area contributed by atoms with Crippen molar-refractivity contribution in [1.29, 1.82) is 0 Å². The van der Waals surface area contributed by atoms with Crippen LogP contribution in [0.4, 0.5) is 0 Å². The molecule has 1 aromatic carbocycles. The van der Waals surface area contributed by atoms with Crippen LogP contribution in [0.5, 0.6) is 0 Å². The molecule has 2 heterocycles. The van der Waals surface area contributed by atoms with Crippen LogP contribution in [0.15, 0.2) is 55.1 Å². The number of pyridine rings is 2. The lowest BCUT2D eigenvalue weighted by molar-refractivity contribution is -0.670. The topological polar surface area (TPSA) is 16.8 Å². The van der Waals surface area contributed by atoms with E-state index in [0.717, 1.165) is 0 Å². The number of aryl methyl sites for hydroxylation is 2. The quantitative estimate of drug-likeness (QED) is 0.592. The van der Waals surface area contributed by atoms with Gasteiger partial charge in [0.25, 0.3) is 0 Å². The van der Waals surface area contributed by atoms with E-state index in [1.54, 1.807) is 0 Å². The Kier molecular flexibility index (Phi) is 2.56. The van der Waals surface area contributed by atoms with Gasteiger partial charge in [-0.2, -0.15) is 0 Å². The van der Waals surface area contributed by atoms with E-state index < -0.39 is 0 Å². The molecule has 0 unspecified atom stereocenters. The molecule has 0 radical (unpaired) electrons. The summed E-state index contributed by atoms with van der Waals surface area (Å²) in [6.45, 7) is 2.09. The molecule has 0 saturated heterocycles. The highest BCUT2D eigenvalue weighted by atomic mass is 14.9. The Labute approximate surface area is 107 Å². The SMILES string of the molecule is Cc1cnccc1-c1ccc2c[n+](C)ccc2c1. The van der Waals surface area contributed by atoms with Crippen molar-refractivity contribution in [2.45, 2.75) is 6.92 Å². The summed E-state index contributed by atoms with van der Waals surface area (Å²) in [6.07, 6.45) is 7.96. The van der Waals surface area contributed by atoms with E-state index in [9.17, 15) is 0 Å². The Morgan fingerprint density at radius 3 is 2.78 bits per heavy atom. The van der Waals surface area contributed by atoms with E-state index in [1.807, 2.05) is 19.4 Å². The second-order valence-electron chi connectivity index (χ2n) is 4.64. The van der Waals surface area contributed by atoms with Crippen LogP contribution in [0, 0.1) is 6.92 Å². The Morgan fingerprint density at radius 1 is 1.06 bits per heavy atom. The second kappa shape index (κ2) is 4.22. The number of benzene rings is 1. The molecule has 88 valence electrons. The van der Waals surface area contributed by atoms with Gasteiger partial charge in [0.2, 0.25) is 0 Å². The summed E-state index contributed by atoms with van der Waals surface area (Å²) >= 11 is 0. The van der Waals surface area contributed by atoms with E-state index in [4.69, 9.17) is 0 Å². The minimum Gasteiger partial charge on any atom is -0.264 e. The zero-order valence-electron chi connectivity index (χ0n) is 10.6. The summed E-state index contributed by atoms with van der Waals surface area (Å²) in [5, 5.41) is 2.53. The summed E-state index contributed by atoms with van der Waals surface area (Å²) in [7, 11) is 2.04. The van der Waals surface area contributed by atoms with Crippen molar-refractivity contribution in [3.05, 3.63) is 60.7 Å². The molecule has 2 nitrogen and oxygen atoms in total. The maximum atomic E-state index is 4.14. The van der Waals surface area contributed by atoms with Gasteiger partial charge >= 0.3 is 0 Å². The molecule has 0 bridgehead atoms. The van der Waals surface area contributed by atoms with Crippen molar-refractivity contribution >= 4 is 10.8 Å². The molecule has 2 aromatic heterocycles. The molecular weight excluding hydrogens is 220 g/mol. The smallest absolute Gasteiger partial charge is 0.176 e. The summed E-state index contributed by atoms with van der Waals surface area (Å²) in [4.78, 5) is 4.14. The Morgan fingerprint density at radius 2 is 1.94 bits per heavy atom. The average Bonchev–Trinajstić information content (AvgIpc) is 2.39. The van der Waals surface area contributed by atoms with Crippen molar-refractivity contribution in [2.75, 3.05) is 0 Å². The third kappa shape index (κ3) is 1.86. The number of rotatable bonds is 1. The van der Waals surface area contributed by atoms with Crippen LogP contribution in [0.3, 0.4) is 0 Å². The molecule has 0 N–H and O–H groups in total. The highest BCUT2D eigenvalue weighted by molar-refractivity contribution is 5.86. The first-order valence-electron chi connectivity index (χ1n) is 6.04. The summed E-state index contributed by atoms with van der Waals surface area (Å²) in [5.41, 5.74) is 3.70. The van der Waals surface area contributed by atoms with E-state index in [-0.39, 0.29) is 0 Å². The van der Waals surface area contributed by atoms with Crippen LogP contribution in [0.2, 0.25) is 0 Å². The molecule has 0 fully saturated rings. The van der Waals surface area contributed by atoms with Crippen molar-refractivity contribution in [3.8, 4) is 11.1 Å². The summed E-state index contributed by atoms with van der Waals surface area (Å²) < 4.78 is 2.07. The van der Waals surface area contributed by atoms with Gasteiger partial charge in [0, 0.05) is 23.8 Å². The number of aromatic nitrogens is 2. The molecule has 3 aromatic rings. The normalized spacial score (nSPS) is 10.8. The first-order chi connectivity index (χ1) is 8.74. The zero-order valence-corrected chi connectivity index (χ0v) is 10.6. The van der Waals surface area contributed by atoms with E-state index in [2.05, 4.69) is 59.2 Å². The molecule has 18 heavy (non-hydrogen) atoms. The molecule has 0 aliphatic carbocycles. The third-order valence-electron chi connectivity index (χ3n) is 3.25. The zero-order chi connectivity index (χ0) is 12.5. The minimum absolute atomic E-state index is 1.21. The Bertz CT molecular complexity index is 717. The average molecular weight is 235 g/mol. The van der Waals surface area contributed by atoms with Crippen molar-refractivity contribution < 1.29 is 4.57 Å². The van der Waals surface area contributed by atoms with Gasteiger partial charge in [0.1, 0.15) is 7.05 Å². The summed E-state index contributed by atoms with van der Waals surface area (Å²) in [5.74, 6) is 0. The molecule has 0 saturated carbocycles. The largest absolute Gasteiger partial charge is 0.264 e. The molecule has 0 amide bonds. The maximum Gasteiger partial charge on any atom is 0.176 e. The number of hydrogen-bond donors (Lipinski definition) is 0. The number of nitrogens with zero attached hydrogens (tertiary/aromatic N) is 2. The first kappa shape index (κ1) is 10.9. The van der Waals surface area contributed by atoms with Gasteiger partial charge in [-0.1, -0.05) is 6.07 Å². The lowest BCUT2D eigenvalue weighted by Gasteiger charge is -2.06. The van der Waals surface area contributed by atoms with Crippen molar-refractivity contribution in [1.82, 2.24) is 4.98 Å². The van der Waals surface area contributed by atoms with Gasteiger partial charge in [0.05, 0.1) is 0 Å². The lowest BCUT2D eigenvalue weighted by Crippen LogP contribution is -2.25. The molecule has 0 spiro atoms. The highest BCUT2D eigenvalue weighted by Crippen LogP contribution is 2.25. The molecule has 0 atom stereocenters. The fourth-order valence-electron chi connectivity index (χ4n) is 2.26. The van der Waals surface area contributed by atoms with E-state index >= 15 is 0 Å². The minimum atomic E-state index is 1.21. The fourth-order valence-corrected chi connectivity index (χ4v) is 2.26. The van der Waals surface area contributed by atoms with E-state index in [0.29, 0.717) is 0 Å². The predicted molar refractivity (Wildman–Crippen MR) is 73.1 cm³/mol. The van der Waals surface area contributed by atoms with Crippen LogP contribution in [-0.4, -0.2) is 4.98 Å². The van der Waals surface area contributed by atoms with Crippen LogP contribution >= 0.6 is 0 Å². The molecule has 0 aliphatic heterocycles. The third-order valence-corrected chi connectivity index (χ3v) is 3.25. The van der Waals surface area contributed by atoms with Gasteiger partial charge in [-0.15, -0.1) is 0 Å². The van der Waals surface area contributed by atoms with Crippen LogP contribution in [-0.2, 0) is 7.05 Å². The monoisotopic (exact) mass is 235 g/mol. The molecular formula is C16H15N2+. The molecule has 2 heteroatoms. The number of hydrogen-bond acceptors (Lipinski definition) is 1. The van der Waals surface area contributed by atoms with Crippen molar-refractivity contribution in [2.24, 2.45) is 7.05 Å². The predicted octanol–water partition coefficient (Wildman–Crippen LogP) is 3.03. The molecule has 0 aliphatic rings. The van der Waals surface area contributed by atoms with Crippen LogP contribution < -0.4 is 4.57 Å². The molecule has 3 rings (SSSR count).